The third kappa shape index (κ3) is 5.66. The average molecular weight is 391 g/mol. The van der Waals surface area contributed by atoms with Crippen molar-refractivity contribution in [2.75, 3.05) is 37.6 Å². The Labute approximate surface area is 164 Å². The molecule has 1 heterocycles. The zero-order valence-electron chi connectivity index (χ0n) is 15.3. The van der Waals surface area contributed by atoms with Crippen LogP contribution in [0.5, 0.6) is 0 Å². The van der Waals surface area contributed by atoms with Crippen molar-refractivity contribution >= 4 is 23.2 Å². The van der Waals surface area contributed by atoms with Gasteiger partial charge in [-0.05, 0) is 48.9 Å². The smallest absolute Gasteiger partial charge is 0.248 e. The van der Waals surface area contributed by atoms with Gasteiger partial charge in [0.05, 0.1) is 6.54 Å². The van der Waals surface area contributed by atoms with Crippen LogP contribution in [-0.4, -0.2) is 43.5 Å². The maximum atomic E-state index is 13.0. The summed E-state index contributed by atoms with van der Waals surface area (Å²) in [5.74, 6) is -0.291. The van der Waals surface area contributed by atoms with E-state index >= 15 is 0 Å². The third-order valence-corrected chi connectivity index (χ3v) is 4.98. The first kappa shape index (κ1) is 19.6. The van der Waals surface area contributed by atoms with Gasteiger partial charge in [-0.3, -0.25) is 15.1 Å². The highest BCUT2D eigenvalue weighted by molar-refractivity contribution is 6.30. The number of hydrazine groups is 1. The molecule has 0 aromatic heterocycles. The minimum absolute atomic E-state index is 0.0125. The Morgan fingerprint density at radius 2 is 1.70 bits per heavy atom. The number of carbonyl (C=O) groups is 1. The van der Waals surface area contributed by atoms with Crippen LogP contribution in [0.2, 0.25) is 5.02 Å². The standard InChI is InChI=1S/C20H24ClFN4O/c1-15(16-2-4-17(21)5-3-16)23-24-20(27)14-25-10-12-26(13-11-25)19-8-6-18(22)7-9-19/h2-9,15,23H,10-14H2,1H3,(H,24,27). The zero-order valence-corrected chi connectivity index (χ0v) is 16.0. The van der Waals surface area contributed by atoms with Crippen molar-refractivity contribution in [2.45, 2.75) is 13.0 Å². The maximum Gasteiger partial charge on any atom is 0.248 e. The Hall–Kier alpha value is -2.15. The Balaban J connectivity index is 1.40. The Kier molecular flexibility index (Phi) is 6.66. The van der Waals surface area contributed by atoms with E-state index in [-0.39, 0.29) is 17.8 Å². The van der Waals surface area contributed by atoms with E-state index in [9.17, 15) is 9.18 Å². The van der Waals surface area contributed by atoms with Gasteiger partial charge in [0, 0.05) is 42.9 Å². The fourth-order valence-corrected chi connectivity index (χ4v) is 3.21. The number of nitrogens with one attached hydrogen (secondary N) is 2. The molecule has 3 rings (SSSR count). The molecule has 27 heavy (non-hydrogen) atoms. The summed E-state index contributed by atoms with van der Waals surface area (Å²) in [4.78, 5) is 16.5. The molecular weight excluding hydrogens is 367 g/mol. The van der Waals surface area contributed by atoms with E-state index < -0.39 is 0 Å². The molecule has 0 aliphatic carbocycles. The van der Waals surface area contributed by atoms with Crippen LogP contribution in [0.15, 0.2) is 48.5 Å². The van der Waals surface area contributed by atoms with Crippen LogP contribution in [0.3, 0.4) is 0 Å². The number of halogens is 2. The lowest BCUT2D eigenvalue weighted by molar-refractivity contribution is -0.123. The van der Waals surface area contributed by atoms with Crippen molar-refractivity contribution in [1.82, 2.24) is 15.8 Å². The molecule has 5 nitrogen and oxygen atoms in total. The molecule has 7 heteroatoms. The van der Waals surface area contributed by atoms with E-state index in [0.717, 1.165) is 37.4 Å². The Morgan fingerprint density at radius 1 is 1.07 bits per heavy atom. The van der Waals surface area contributed by atoms with Crippen LogP contribution in [0, 0.1) is 5.82 Å². The van der Waals surface area contributed by atoms with Crippen LogP contribution in [0.1, 0.15) is 18.5 Å². The maximum absolute atomic E-state index is 13.0. The summed E-state index contributed by atoms with van der Waals surface area (Å²) < 4.78 is 13.0. The minimum Gasteiger partial charge on any atom is -0.369 e. The molecule has 2 N–H and O–H groups in total. The molecule has 1 amide bonds. The van der Waals surface area contributed by atoms with Crippen LogP contribution in [0.4, 0.5) is 10.1 Å². The van der Waals surface area contributed by atoms with Crippen LogP contribution in [-0.2, 0) is 4.79 Å². The molecule has 1 fully saturated rings. The van der Waals surface area contributed by atoms with Crippen molar-refractivity contribution in [3.63, 3.8) is 0 Å². The molecule has 2 aromatic carbocycles. The predicted molar refractivity (Wildman–Crippen MR) is 106 cm³/mol. The lowest BCUT2D eigenvalue weighted by atomic mass is 10.1. The number of hydrogen-bond acceptors (Lipinski definition) is 4. The summed E-state index contributed by atoms with van der Waals surface area (Å²) in [6.07, 6.45) is 0. The van der Waals surface area contributed by atoms with Crippen molar-refractivity contribution < 1.29 is 9.18 Å². The van der Waals surface area contributed by atoms with E-state index in [2.05, 4.69) is 20.7 Å². The number of rotatable bonds is 6. The second-order valence-corrected chi connectivity index (χ2v) is 7.14. The summed E-state index contributed by atoms with van der Waals surface area (Å²) in [6, 6.07) is 14.0. The fourth-order valence-electron chi connectivity index (χ4n) is 3.08. The minimum atomic E-state index is -0.227. The molecule has 1 saturated heterocycles. The zero-order chi connectivity index (χ0) is 19.2. The van der Waals surface area contributed by atoms with Crippen LogP contribution >= 0.6 is 11.6 Å². The van der Waals surface area contributed by atoms with Gasteiger partial charge in [-0.2, -0.15) is 0 Å². The van der Waals surface area contributed by atoms with E-state index in [1.165, 1.54) is 12.1 Å². The van der Waals surface area contributed by atoms with Gasteiger partial charge in [-0.15, -0.1) is 0 Å². The Bertz CT molecular complexity index is 746. The molecule has 144 valence electrons. The molecule has 1 aliphatic rings. The van der Waals surface area contributed by atoms with Crippen LogP contribution in [0.25, 0.3) is 0 Å². The van der Waals surface area contributed by atoms with Crippen molar-refractivity contribution in [3.8, 4) is 0 Å². The normalized spacial score (nSPS) is 16.2. The first-order valence-electron chi connectivity index (χ1n) is 9.04. The summed E-state index contributed by atoms with van der Waals surface area (Å²) in [5.41, 5.74) is 7.87. The first-order chi connectivity index (χ1) is 13.0. The number of anilines is 1. The Morgan fingerprint density at radius 3 is 2.33 bits per heavy atom. The van der Waals surface area contributed by atoms with E-state index in [4.69, 9.17) is 11.6 Å². The van der Waals surface area contributed by atoms with Crippen molar-refractivity contribution in [1.29, 1.82) is 0 Å². The number of amides is 1. The molecule has 1 unspecified atom stereocenters. The number of hydrogen-bond donors (Lipinski definition) is 2. The van der Waals surface area contributed by atoms with Gasteiger partial charge in [-0.1, -0.05) is 23.7 Å². The van der Waals surface area contributed by atoms with Crippen molar-refractivity contribution in [2.24, 2.45) is 0 Å². The molecular formula is C20H24ClFN4O. The van der Waals surface area contributed by atoms with Gasteiger partial charge in [0.25, 0.3) is 0 Å². The second-order valence-electron chi connectivity index (χ2n) is 6.71. The molecule has 0 spiro atoms. The third-order valence-electron chi connectivity index (χ3n) is 4.73. The molecule has 0 saturated carbocycles. The number of carbonyl (C=O) groups excluding carboxylic acids is 1. The summed E-state index contributed by atoms with van der Waals surface area (Å²) in [5, 5.41) is 0.690. The number of benzene rings is 2. The van der Waals surface area contributed by atoms with Gasteiger partial charge in [0.1, 0.15) is 5.82 Å². The summed E-state index contributed by atoms with van der Waals surface area (Å²) >= 11 is 5.89. The molecule has 0 bridgehead atoms. The topological polar surface area (TPSA) is 47.6 Å². The quantitative estimate of drug-likeness (QED) is 0.744. The van der Waals surface area contributed by atoms with Crippen molar-refractivity contribution in [3.05, 3.63) is 64.9 Å². The predicted octanol–water partition coefficient (Wildman–Crippen LogP) is 2.98. The first-order valence-corrected chi connectivity index (χ1v) is 9.42. The van der Waals surface area contributed by atoms with E-state index in [1.807, 2.05) is 31.2 Å². The highest BCUT2D eigenvalue weighted by atomic mass is 35.5. The molecule has 1 aliphatic heterocycles. The largest absolute Gasteiger partial charge is 0.369 e. The van der Waals surface area contributed by atoms with Gasteiger partial charge < -0.3 is 4.90 Å². The number of piperazine rings is 1. The molecule has 1 atom stereocenters. The highest BCUT2D eigenvalue weighted by Crippen LogP contribution is 2.17. The fraction of sp³-hybridized carbons (Fsp3) is 0.350. The summed E-state index contributed by atoms with van der Waals surface area (Å²) in [6.45, 7) is 5.53. The van der Waals surface area contributed by atoms with Gasteiger partial charge >= 0.3 is 0 Å². The average Bonchev–Trinajstić information content (AvgIpc) is 2.68. The number of nitrogens with zero attached hydrogens (tertiary/aromatic N) is 2. The van der Waals surface area contributed by atoms with E-state index in [1.54, 1.807) is 12.1 Å². The van der Waals surface area contributed by atoms with Gasteiger partial charge in [0.2, 0.25) is 5.91 Å². The van der Waals surface area contributed by atoms with Gasteiger partial charge in [-0.25, -0.2) is 9.82 Å². The van der Waals surface area contributed by atoms with Crippen LogP contribution < -0.4 is 15.8 Å². The monoisotopic (exact) mass is 390 g/mol. The lowest BCUT2D eigenvalue weighted by Gasteiger charge is -2.35. The molecule has 2 aromatic rings. The second kappa shape index (κ2) is 9.17. The summed E-state index contributed by atoms with van der Waals surface area (Å²) in [7, 11) is 0. The SMILES string of the molecule is CC(NNC(=O)CN1CCN(c2ccc(F)cc2)CC1)c1ccc(Cl)cc1. The van der Waals surface area contributed by atoms with E-state index in [0.29, 0.717) is 11.6 Å². The van der Waals surface area contributed by atoms with Gasteiger partial charge in [0.15, 0.2) is 0 Å². The lowest BCUT2D eigenvalue weighted by Crippen LogP contribution is -2.51. The molecule has 0 radical (unpaired) electrons. The highest BCUT2D eigenvalue weighted by Gasteiger charge is 2.19.